The zero-order chi connectivity index (χ0) is 16.5. The van der Waals surface area contributed by atoms with Crippen LogP contribution in [0.4, 0.5) is 0 Å². The molecule has 0 saturated heterocycles. The molecule has 4 heteroatoms. The van der Waals surface area contributed by atoms with Crippen LogP contribution in [0.3, 0.4) is 0 Å². The number of nitriles is 1. The van der Waals surface area contributed by atoms with Crippen molar-refractivity contribution >= 4 is 0 Å². The van der Waals surface area contributed by atoms with Gasteiger partial charge in [-0.2, -0.15) is 5.26 Å². The predicted octanol–water partition coefficient (Wildman–Crippen LogP) is 3.98. The molecule has 0 heterocycles. The van der Waals surface area contributed by atoms with E-state index in [1.165, 1.54) is 5.56 Å². The van der Waals surface area contributed by atoms with Gasteiger partial charge in [-0.15, -0.1) is 0 Å². The number of rotatable bonds is 8. The average molecular weight is 311 g/mol. The minimum absolute atomic E-state index is 0.377. The molecule has 0 fully saturated rings. The van der Waals surface area contributed by atoms with Crippen molar-refractivity contribution in [2.75, 3.05) is 20.3 Å². The second-order valence-electron chi connectivity index (χ2n) is 5.07. The Balaban J connectivity index is 1.84. The second kappa shape index (κ2) is 8.70. The van der Waals surface area contributed by atoms with Crippen LogP contribution < -0.4 is 14.2 Å². The summed E-state index contributed by atoms with van der Waals surface area (Å²) >= 11 is 0. The van der Waals surface area contributed by atoms with Crippen LogP contribution >= 0.6 is 0 Å². The number of hydrogen-bond donors (Lipinski definition) is 0. The zero-order valence-corrected chi connectivity index (χ0v) is 13.5. The summed E-state index contributed by atoms with van der Waals surface area (Å²) in [4.78, 5) is 0. The molecule has 0 aliphatic rings. The lowest BCUT2D eigenvalue weighted by atomic mass is 10.1. The van der Waals surface area contributed by atoms with Gasteiger partial charge in [0.05, 0.1) is 18.7 Å². The van der Waals surface area contributed by atoms with E-state index in [1.807, 2.05) is 12.1 Å². The molecular formula is C19H21NO3. The quantitative estimate of drug-likeness (QED) is 0.692. The van der Waals surface area contributed by atoms with E-state index in [1.54, 1.807) is 25.3 Å². The molecule has 0 N–H and O–H groups in total. The van der Waals surface area contributed by atoms with Gasteiger partial charge in [0.2, 0.25) is 0 Å². The third-order valence-corrected chi connectivity index (χ3v) is 3.36. The van der Waals surface area contributed by atoms with Crippen molar-refractivity contribution in [1.29, 1.82) is 5.26 Å². The SMILES string of the molecule is CCCc1ccc(OCCOc2cc(C#N)ccc2OC)cc1. The van der Waals surface area contributed by atoms with Gasteiger partial charge < -0.3 is 14.2 Å². The largest absolute Gasteiger partial charge is 0.493 e. The number of aryl methyl sites for hydroxylation is 1. The van der Waals surface area contributed by atoms with E-state index >= 15 is 0 Å². The summed E-state index contributed by atoms with van der Waals surface area (Å²) in [5.74, 6) is 1.98. The van der Waals surface area contributed by atoms with Crippen LogP contribution in [0.15, 0.2) is 42.5 Å². The van der Waals surface area contributed by atoms with E-state index < -0.39 is 0 Å². The first-order chi connectivity index (χ1) is 11.3. The summed E-state index contributed by atoms with van der Waals surface area (Å²) < 4.78 is 16.5. The molecule has 2 aromatic rings. The lowest BCUT2D eigenvalue weighted by Crippen LogP contribution is -2.09. The fraction of sp³-hybridized carbons (Fsp3) is 0.316. The fourth-order valence-corrected chi connectivity index (χ4v) is 2.21. The number of hydrogen-bond acceptors (Lipinski definition) is 4. The third-order valence-electron chi connectivity index (χ3n) is 3.36. The maximum absolute atomic E-state index is 8.94. The molecule has 0 aromatic heterocycles. The minimum Gasteiger partial charge on any atom is -0.493 e. The van der Waals surface area contributed by atoms with E-state index in [0.29, 0.717) is 30.3 Å². The summed E-state index contributed by atoms with van der Waals surface area (Å²) in [6, 6.07) is 15.3. The molecule has 0 amide bonds. The van der Waals surface area contributed by atoms with Crippen LogP contribution in [0.25, 0.3) is 0 Å². The van der Waals surface area contributed by atoms with Crippen molar-refractivity contribution in [3.8, 4) is 23.3 Å². The lowest BCUT2D eigenvalue weighted by Gasteiger charge is -2.12. The summed E-state index contributed by atoms with van der Waals surface area (Å²) in [6.07, 6.45) is 2.22. The van der Waals surface area contributed by atoms with E-state index in [0.717, 1.165) is 18.6 Å². The highest BCUT2D eigenvalue weighted by Gasteiger charge is 2.06. The van der Waals surface area contributed by atoms with E-state index in [2.05, 4.69) is 25.1 Å². The van der Waals surface area contributed by atoms with Gasteiger partial charge in [0.25, 0.3) is 0 Å². The third kappa shape index (κ3) is 4.93. The Morgan fingerprint density at radius 2 is 1.70 bits per heavy atom. The van der Waals surface area contributed by atoms with E-state index in [4.69, 9.17) is 19.5 Å². The molecule has 0 radical (unpaired) electrons. The first-order valence-electron chi connectivity index (χ1n) is 7.69. The van der Waals surface area contributed by atoms with Crippen molar-refractivity contribution in [3.05, 3.63) is 53.6 Å². The van der Waals surface area contributed by atoms with Gasteiger partial charge >= 0.3 is 0 Å². The van der Waals surface area contributed by atoms with E-state index in [9.17, 15) is 0 Å². The normalized spacial score (nSPS) is 9.96. The monoisotopic (exact) mass is 311 g/mol. The Labute approximate surface area is 137 Å². The number of nitrogens with zero attached hydrogens (tertiary/aromatic N) is 1. The summed E-state index contributed by atoms with van der Waals surface area (Å²) in [5.41, 5.74) is 1.85. The van der Waals surface area contributed by atoms with Crippen LogP contribution in [0, 0.1) is 11.3 Å². The molecule has 120 valence electrons. The molecule has 2 rings (SSSR count). The Bertz CT molecular complexity index is 659. The van der Waals surface area contributed by atoms with Gasteiger partial charge in [0, 0.05) is 6.07 Å². The maximum atomic E-state index is 8.94. The van der Waals surface area contributed by atoms with Gasteiger partial charge in [0.1, 0.15) is 19.0 Å². The Morgan fingerprint density at radius 3 is 2.35 bits per heavy atom. The molecule has 23 heavy (non-hydrogen) atoms. The highest BCUT2D eigenvalue weighted by atomic mass is 16.5. The summed E-state index contributed by atoms with van der Waals surface area (Å²) in [7, 11) is 1.57. The predicted molar refractivity (Wildman–Crippen MR) is 89.1 cm³/mol. The average Bonchev–Trinajstić information content (AvgIpc) is 2.60. The van der Waals surface area contributed by atoms with Crippen LogP contribution in [0.1, 0.15) is 24.5 Å². The molecule has 2 aromatic carbocycles. The van der Waals surface area contributed by atoms with Gasteiger partial charge in [-0.3, -0.25) is 0 Å². The van der Waals surface area contributed by atoms with Crippen LogP contribution in [-0.2, 0) is 6.42 Å². The van der Waals surface area contributed by atoms with Gasteiger partial charge in [0.15, 0.2) is 11.5 Å². The van der Waals surface area contributed by atoms with Gasteiger partial charge in [-0.25, -0.2) is 0 Å². The van der Waals surface area contributed by atoms with Crippen molar-refractivity contribution in [2.45, 2.75) is 19.8 Å². The molecule has 0 saturated carbocycles. The van der Waals surface area contributed by atoms with E-state index in [-0.39, 0.29) is 0 Å². The molecule has 0 unspecified atom stereocenters. The standard InChI is InChI=1S/C19H21NO3/c1-3-4-15-5-8-17(9-6-15)22-11-12-23-19-13-16(14-20)7-10-18(19)21-2/h5-10,13H,3-4,11-12H2,1-2H3. The molecule has 0 aliphatic heterocycles. The second-order valence-corrected chi connectivity index (χ2v) is 5.07. The van der Waals surface area contributed by atoms with Crippen molar-refractivity contribution in [2.24, 2.45) is 0 Å². The molecule has 0 aliphatic carbocycles. The first-order valence-corrected chi connectivity index (χ1v) is 7.69. The zero-order valence-electron chi connectivity index (χ0n) is 13.5. The minimum atomic E-state index is 0.377. The van der Waals surface area contributed by atoms with Gasteiger partial charge in [-0.1, -0.05) is 25.5 Å². The topological polar surface area (TPSA) is 51.5 Å². The lowest BCUT2D eigenvalue weighted by molar-refractivity contribution is 0.211. The molecule has 0 atom stereocenters. The molecule has 0 spiro atoms. The van der Waals surface area contributed by atoms with Crippen molar-refractivity contribution in [3.63, 3.8) is 0 Å². The van der Waals surface area contributed by atoms with Crippen molar-refractivity contribution in [1.82, 2.24) is 0 Å². The van der Waals surface area contributed by atoms with Crippen LogP contribution in [0.5, 0.6) is 17.2 Å². The summed E-state index contributed by atoms with van der Waals surface area (Å²) in [5, 5.41) is 8.94. The maximum Gasteiger partial charge on any atom is 0.162 e. The van der Waals surface area contributed by atoms with Crippen molar-refractivity contribution < 1.29 is 14.2 Å². The summed E-state index contributed by atoms with van der Waals surface area (Å²) in [6.45, 7) is 2.96. The Kier molecular flexibility index (Phi) is 6.31. The van der Waals surface area contributed by atoms with Crippen LogP contribution in [-0.4, -0.2) is 20.3 Å². The first kappa shape index (κ1) is 16.7. The number of methoxy groups -OCH3 is 1. The number of benzene rings is 2. The fourth-order valence-electron chi connectivity index (χ4n) is 2.21. The van der Waals surface area contributed by atoms with Gasteiger partial charge in [-0.05, 0) is 36.2 Å². The smallest absolute Gasteiger partial charge is 0.162 e. The Hall–Kier alpha value is -2.67. The number of ether oxygens (including phenoxy) is 3. The molecule has 4 nitrogen and oxygen atoms in total. The Morgan fingerprint density at radius 1 is 0.957 bits per heavy atom. The molecule has 0 bridgehead atoms. The molecular weight excluding hydrogens is 290 g/mol. The van der Waals surface area contributed by atoms with Crippen LogP contribution in [0.2, 0.25) is 0 Å². The highest BCUT2D eigenvalue weighted by molar-refractivity contribution is 5.46. The highest BCUT2D eigenvalue weighted by Crippen LogP contribution is 2.27.